The molecule has 0 saturated carbocycles. The number of nitrogens with zero attached hydrogens (tertiary/aromatic N) is 4. The fourth-order valence-electron chi connectivity index (χ4n) is 1.04. The van der Waals surface area contributed by atoms with Gasteiger partial charge >= 0.3 is 0 Å². The van der Waals surface area contributed by atoms with Gasteiger partial charge in [0.15, 0.2) is 5.96 Å². The minimum atomic E-state index is -0.119. The summed E-state index contributed by atoms with van der Waals surface area (Å²) in [5, 5.41) is 7.54. The van der Waals surface area contributed by atoms with Gasteiger partial charge < -0.3 is 20.9 Å². The Bertz CT molecular complexity index is 374. The maximum absolute atomic E-state index is 7.54. The highest BCUT2D eigenvalue weighted by atomic mass is 15.3. The molecule has 1 rings (SSSR count). The van der Waals surface area contributed by atoms with Gasteiger partial charge in [0.1, 0.15) is 5.82 Å². The monoisotopic (exact) mass is 209 g/mol. The fraction of sp³-hybridized carbons (Fsp3) is 0.375. The normalized spacial score (nSPS) is 9.73. The van der Waals surface area contributed by atoms with E-state index >= 15 is 0 Å². The van der Waals surface area contributed by atoms with Crippen molar-refractivity contribution in [1.82, 2.24) is 14.5 Å². The second-order valence-corrected chi connectivity index (χ2v) is 3.17. The molecule has 1 aromatic rings. The van der Waals surface area contributed by atoms with Crippen LogP contribution >= 0.6 is 0 Å². The summed E-state index contributed by atoms with van der Waals surface area (Å²) < 4.78 is 1.87. The van der Waals surface area contributed by atoms with Gasteiger partial charge in [0.25, 0.3) is 0 Å². The molecule has 7 nitrogen and oxygen atoms in total. The molecular formula is C8H15N7. The number of rotatable bonds is 2. The Morgan fingerprint density at radius 2 is 2.33 bits per heavy atom. The molecule has 1 heterocycles. The standard InChI is InChI=1S/C8H15N7/c1-14-4-3-12-6(14)5-15(2)8(11)13-7(9)10/h3-4H,5H2,1-2H3,(H5,9,10,11,13). The van der Waals surface area contributed by atoms with E-state index in [9.17, 15) is 0 Å². The van der Waals surface area contributed by atoms with E-state index in [2.05, 4.69) is 9.98 Å². The predicted molar refractivity (Wildman–Crippen MR) is 58.2 cm³/mol. The van der Waals surface area contributed by atoms with Gasteiger partial charge in [-0.1, -0.05) is 0 Å². The molecule has 0 radical (unpaired) electrons. The molecule has 0 bridgehead atoms. The second-order valence-electron chi connectivity index (χ2n) is 3.17. The van der Waals surface area contributed by atoms with Crippen molar-refractivity contribution in [3.8, 4) is 0 Å². The zero-order chi connectivity index (χ0) is 11.4. The first kappa shape index (κ1) is 11.0. The molecule has 0 aliphatic carbocycles. The molecule has 82 valence electrons. The molecule has 1 aromatic heterocycles. The van der Waals surface area contributed by atoms with Crippen molar-refractivity contribution in [3.05, 3.63) is 18.2 Å². The van der Waals surface area contributed by atoms with Crippen molar-refractivity contribution < 1.29 is 0 Å². The minimum absolute atomic E-state index is 0.0120. The molecule has 0 amide bonds. The van der Waals surface area contributed by atoms with Gasteiger partial charge in [-0.3, -0.25) is 5.41 Å². The summed E-state index contributed by atoms with van der Waals surface area (Å²) in [6.07, 6.45) is 3.54. The summed E-state index contributed by atoms with van der Waals surface area (Å²) in [5.41, 5.74) is 10.3. The first-order chi connectivity index (χ1) is 7.00. The molecule has 0 aliphatic heterocycles. The van der Waals surface area contributed by atoms with E-state index in [0.717, 1.165) is 5.82 Å². The summed E-state index contributed by atoms with van der Waals surface area (Å²) >= 11 is 0. The zero-order valence-corrected chi connectivity index (χ0v) is 8.81. The average Bonchev–Trinajstić information content (AvgIpc) is 2.50. The Hall–Kier alpha value is -2.05. The van der Waals surface area contributed by atoms with Crippen molar-refractivity contribution in [2.75, 3.05) is 7.05 Å². The van der Waals surface area contributed by atoms with Gasteiger partial charge in [0.05, 0.1) is 6.54 Å². The highest BCUT2D eigenvalue weighted by molar-refractivity contribution is 5.91. The van der Waals surface area contributed by atoms with E-state index in [1.165, 1.54) is 0 Å². The molecule has 0 atom stereocenters. The Labute approximate surface area is 87.9 Å². The van der Waals surface area contributed by atoms with E-state index in [4.69, 9.17) is 16.9 Å². The second kappa shape index (κ2) is 4.45. The Kier molecular flexibility index (Phi) is 3.27. The van der Waals surface area contributed by atoms with Crippen LogP contribution in [0.2, 0.25) is 0 Å². The maximum Gasteiger partial charge on any atom is 0.221 e. The number of imidazole rings is 1. The fourth-order valence-corrected chi connectivity index (χ4v) is 1.04. The summed E-state index contributed by atoms with van der Waals surface area (Å²) in [6.45, 7) is 0.485. The largest absolute Gasteiger partial charge is 0.370 e. The smallest absolute Gasteiger partial charge is 0.221 e. The van der Waals surface area contributed by atoms with Crippen molar-refractivity contribution in [2.45, 2.75) is 6.54 Å². The number of guanidine groups is 2. The Morgan fingerprint density at radius 3 is 2.80 bits per heavy atom. The van der Waals surface area contributed by atoms with Crippen molar-refractivity contribution in [3.63, 3.8) is 0 Å². The van der Waals surface area contributed by atoms with Crippen LogP contribution in [0.5, 0.6) is 0 Å². The van der Waals surface area contributed by atoms with Crippen molar-refractivity contribution >= 4 is 11.9 Å². The lowest BCUT2D eigenvalue weighted by Gasteiger charge is -2.16. The molecule has 0 aromatic carbocycles. The first-order valence-electron chi connectivity index (χ1n) is 4.36. The van der Waals surface area contributed by atoms with Gasteiger partial charge in [-0.15, -0.1) is 0 Å². The average molecular weight is 209 g/mol. The molecule has 0 fully saturated rings. The van der Waals surface area contributed by atoms with Crippen LogP contribution in [0.1, 0.15) is 5.82 Å². The molecule has 0 aliphatic rings. The third kappa shape index (κ3) is 2.97. The third-order valence-electron chi connectivity index (χ3n) is 1.90. The molecule has 0 unspecified atom stereocenters. The maximum atomic E-state index is 7.54. The summed E-state index contributed by atoms with van der Waals surface area (Å²) in [5.74, 6) is 0.734. The van der Waals surface area contributed by atoms with Crippen LogP contribution in [0.3, 0.4) is 0 Å². The van der Waals surface area contributed by atoms with E-state index in [-0.39, 0.29) is 11.9 Å². The van der Waals surface area contributed by atoms with Crippen LogP contribution in [0, 0.1) is 5.41 Å². The number of nitrogens with two attached hydrogens (primary N) is 2. The lowest BCUT2D eigenvalue weighted by molar-refractivity contribution is 0.466. The molecule has 7 heteroatoms. The van der Waals surface area contributed by atoms with Crippen LogP contribution < -0.4 is 11.5 Å². The van der Waals surface area contributed by atoms with Crippen LogP contribution in [0.15, 0.2) is 17.4 Å². The third-order valence-corrected chi connectivity index (χ3v) is 1.90. The van der Waals surface area contributed by atoms with Gasteiger partial charge in [0, 0.05) is 26.5 Å². The lowest BCUT2D eigenvalue weighted by atomic mass is 10.5. The van der Waals surface area contributed by atoms with Crippen LogP contribution in [0.4, 0.5) is 0 Å². The SMILES string of the molecule is CN(Cc1nccn1C)C(=N)N=C(N)N. The number of aromatic nitrogens is 2. The highest BCUT2D eigenvalue weighted by Gasteiger charge is 2.07. The minimum Gasteiger partial charge on any atom is -0.370 e. The lowest BCUT2D eigenvalue weighted by Crippen LogP contribution is -2.30. The van der Waals surface area contributed by atoms with Gasteiger partial charge in [-0.05, 0) is 0 Å². The van der Waals surface area contributed by atoms with E-state index in [0.29, 0.717) is 6.54 Å². The van der Waals surface area contributed by atoms with Gasteiger partial charge in [-0.2, -0.15) is 4.99 Å². The van der Waals surface area contributed by atoms with Crippen LogP contribution in [0.25, 0.3) is 0 Å². The Morgan fingerprint density at radius 1 is 1.67 bits per heavy atom. The first-order valence-corrected chi connectivity index (χ1v) is 4.36. The van der Waals surface area contributed by atoms with E-state index in [1.54, 1.807) is 18.1 Å². The number of hydrogen-bond donors (Lipinski definition) is 3. The topological polar surface area (TPSA) is 109 Å². The quantitative estimate of drug-likeness (QED) is 0.431. The van der Waals surface area contributed by atoms with Gasteiger partial charge in [-0.25, -0.2) is 4.98 Å². The molecular weight excluding hydrogens is 194 g/mol. The Balaban J connectivity index is 2.64. The van der Waals surface area contributed by atoms with Crippen molar-refractivity contribution in [2.24, 2.45) is 23.5 Å². The molecule has 5 N–H and O–H groups in total. The summed E-state index contributed by atoms with van der Waals surface area (Å²) in [6, 6.07) is 0. The van der Waals surface area contributed by atoms with Crippen molar-refractivity contribution in [1.29, 1.82) is 5.41 Å². The number of aliphatic imine (C=N–C) groups is 1. The molecule has 0 saturated heterocycles. The highest BCUT2D eigenvalue weighted by Crippen LogP contribution is 1.99. The predicted octanol–water partition coefficient (Wildman–Crippen LogP) is -0.940. The molecule has 0 spiro atoms. The zero-order valence-electron chi connectivity index (χ0n) is 8.81. The summed E-state index contributed by atoms with van der Waals surface area (Å²) in [7, 11) is 3.61. The van der Waals surface area contributed by atoms with Crippen LogP contribution in [-0.2, 0) is 13.6 Å². The number of aryl methyl sites for hydroxylation is 1. The summed E-state index contributed by atoms with van der Waals surface area (Å²) in [4.78, 5) is 9.36. The number of hydrogen-bond acceptors (Lipinski definition) is 2. The molecule has 15 heavy (non-hydrogen) atoms. The number of nitrogens with one attached hydrogen (secondary N) is 1. The van der Waals surface area contributed by atoms with E-state index < -0.39 is 0 Å². The van der Waals surface area contributed by atoms with Crippen LogP contribution in [-0.4, -0.2) is 33.4 Å². The van der Waals surface area contributed by atoms with E-state index in [1.807, 2.05) is 17.8 Å². The van der Waals surface area contributed by atoms with Gasteiger partial charge in [0.2, 0.25) is 5.96 Å².